The molecule has 2 aromatic carbocycles. The second-order valence-corrected chi connectivity index (χ2v) is 7.97. The SMILES string of the molecule is O=C1NCCN(CCc2ccccc2)C1CC(=O)N1CC=C(c2ccccc2)CC1. The number of nitrogens with zero attached hydrogens (tertiary/aromatic N) is 2. The second kappa shape index (κ2) is 9.72. The van der Waals surface area contributed by atoms with Gasteiger partial charge in [-0.15, -0.1) is 0 Å². The van der Waals surface area contributed by atoms with Crippen LogP contribution >= 0.6 is 0 Å². The van der Waals surface area contributed by atoms with Crippen LogP contribution in [0.1, 0.15) is 24.0 Å². The summed E-state index contributed by atoms with van der Waals surface area (Å²) in [5, 5.41) is 2.93. The first-order valence-corrected chi connectivity index (χ1v) is 10.8. The second-order valence-electron chi connectivity index (χ2n) is 7.97. The Morgan fingerprint density at radius 3 is 2.43 bits per heavy atom. The van der Waals surface area contributed by atoms with Crippen LogP contribution in [0.5, 0.6) is 0 Å². The molecule has 1 saturated heterocycles. The maximum absolute atomic E-state index is 13.0. The highest BCUT2D eigenvalue weighted by atomic mass is 16.2. The van der Waals surface area contributed by atoms with Crippen molar-refractivity contribution < 1.29 is 9.59 Å². The zero-order valence-corrected chi connectivity index (χ0v) is 17.3. The van der Waals surface area contributed by atoms with Gasteiger partial charge in [0.1, 0.15) is 0 Å². The lowest BCUT2D eigenvalue weighted by molar-refractivity contribution is -0.138. The first-order chi connectivity index (χ1) is 14.7. The van der Waals surface area contributed by atoms with Crippen molar-refractivity contribution >= 4 is 17.4 Å². The third-order valence-corrected chi connectivity index (χ3v) is 6.05. The Kier molecular flexibility index (Phi) is 6.60. The van der Waals surface area contributed by atoms with Crippen LogP contribution in [0.15, 0.2) is 66.7 Å². The molecule has 2 aliphatic rings. The quantitative estimate of drug-likeness (QED) is 0.807. The molecule has 0 radical (unpaired) electrons. The van der Waals surface area contributed by atoms with E-state index in [9.17, 15) is 9.59 Å². The van der Waals surface area contributed by atoms with Gasteiger partial charge in [-0.3, -0.25) is 14.5 Å². The van der Waals surface area contributed by atoms with Crippen LogP contribution in [-0.2, 0) is 16.0 Å². The number of benzene rings is 2. The smallest absolute Gasteiger partial charge is 0.237 e. The van der Waals surface area contributed by atoms with E-state index in [2.05, 4.69) is 40.6 Å². The normalized spacial score (nSPS) is 19.9. The predicted octanol–water partition coefficient (Wildman–Crippen LogP) is 2.74. The van der Waals surface area contributed by atoms with Gasteiger partial charge >= 0.3 is 0 Å². The van der Waals surface area contributed by atoms with Crippen molar-refractivity contribution in [3.63, 3.8) is 0 Å². The molecular formula is C25H29N3O2. The van der Waals surface area contributed by atoms with Crippen LogP contribution in [-0.4, -0.2) is 60.4 Å². The fourth-order valence-electron chi connectivity index (χ4n) is 4.27. The zero-order chi connectivity index (χ0) is 20.8. The standard InChI is InChI=1S/C25H29N3O2/c29-24(28-16-12-22(13-17-28)21-9-5-2-6-10-21)19-23-25(30)26-14-18-27(23)15-11-20-7-3-1-4-8-20/h1-10,12,23H,11,13-19H2,(H,26,30). The van der Waals surface area contributed by atoms with Crippen molar-refractivity contribution in [3.05, 3.63) is 77.9 Å². The molecule has 5 nitrogen and oxygen atoms in total. The minimum Gasteiger partial charge on any atom is -0.353 e. The van der Waals surface area contributed by atoms with E-state index < -0.39 is 0 Å². The van der Waals surface area contributed by atoms with E-state index >= 15 is 0 Å². The number of rotatable bonds is 6. The van der Waals surface area contributed by atoms with Gasteiger partial charge < -0.3 is 10.2 Å². The van der Waals surface area contributed by atoms with E-state index in [-0.39, 0.29) is 24.3 Å². The molecule has 2 amide bonds. The Bertz CT molecular complexity index is 895. The molecule has 156 valence electrons. The van der Waals surface area contributed by atoms with Gasteiger partial charge in [0, 0.05) is 32.7 Å². The van der Waals surface area contributed by atoms with Crippen LogP contribution < -0.4 is 5.32 Å². The topological polar surface area (TPSA) is 52.7 Å². The van der Waals surface area contributed by atoms with E-state index in [1.165, 1.54) is 16.7 Å². The molecule has 2 aromatic rings. The highest BCUT2D eigenvalue weighted by molar-refractivity contribution is 5.89. The molecule has 0 aliphatic carbocycles. The largest absolute Gasteiger partial charge is 0.353 e. The highest BCUT2D eigenvalue weighted by Crippen LogP contribution is 2.23. The maximum atomic E-state index is 13.0. The fraction of sp³-hybridized carbons (Fsp3) is 0.360. The van der Waals surface area contributed by atoms with Crippen molar-refractivity contribution in [2.24, 2.45) is 0 Å². The van der Waals surface area contributed by atoms with Crippen molar-refractivity contribution in [1.82, 2.24) is 15.1 Å². The number of hydrogen-bond donors (Lipinski definition) is 1. The summed E-state index contributed by atoms with van der Waals surface area (Å²) in [6, 6.07) is 20.2. The Balaban J connectivity index is 1.35. The van der Waals surface area contributed by atoms with Crippen molar-refractivity contribution in [2.75, 3.05) is 32.7 Å². The molecule has 1 atom stereocenters. The van der Waals surface area contributed by atoms with Crippen molar-refractivity contribution in [1.29, 1.82) is 0 Å². The minimum absolute atomic E-state index is 0.0276. The first kappa shape index (κ1) is 20.4. The van der Waals surface area contributed by atoms with Gasteiger partial charge in [0.25, 0.3) is 0 Å². The van der Waals surface area contributed by atoms with Gasteiger partial charge in [0.05, 0.1) is 12.5 Å². The molecule has 4 rings (SSSR count). The number of hydrogen-bond acceptors (Lipinski definition) is 3. The molecule has 0 bridgehead atoms. The lowest BCUT2D eigenvalue weighted by atomic mass is 9.99. The van der Waals surface area contributed by atoms with Gasteiger partial charge in [0.2, 0.25) is 11.8 Å². The first-order valence-electron chi connectivity index (χ1n) is 10.8. The molecule has 0 saturated carbocycles. The summed E-state index contributed by atoms with van der Waals surface area (Å²) in [6.07, 6.45) is 4.12. The molecular weight excluding hydrogens is 374 g/mol. The van der Waals surface area contributed by atoms with Crippen molar-refractivity contribution in [2.45, 2.75) is 25.3 Å². The monoisotopic (exact) mass is 403 g/mol. The van der Waals surface area contributed by atoms with Crippen LogP contribution in [0.4, 0.5) is 0 Å². The molecule has 1 N–H and O–H groups in total. The fourth-order valence-corrected chi connectivity index (χ4v) is 4.27. The van der Waals surface area contributed by atoms with Crippen LogP contribution in [0.25, 0.3) is 5.57 Å². The van der Waals surface area contributed by atoms with Gasteiger partial charge in [-0.1, -0.05) is 66.7 Å². The average Bonchev–Trinajstić information content (AvgIpc) is 2.81. The number of piperazine rings is 1. The molecule has 2 heterocycles. The van der Waals surface area contributed by atoms with Gasteiger partial charge in [-0.25, -0.2) is 0 Å². The number of carbonyl (C=O) groups excluding carboxylic acids is 2. The van der Waals surface area contributed by atoms with Crippen LogP contribution in [0, 0.1) is 0 Å². The summed E-state index contributed by atoms with van der Waals surface area (Å²) < 4.78 is 0. The highest BCUT2D eigenvalue weighted by Gasteiger charge is 2.33. The summed E-state index contributed by atoms with van der Waals surface area (Å²) in [5.74, 6) is 0.0327. The number of carbonyl (C=O) groups is 2. The lowest BCUT2D eigenvalue weighted by Crippen LogP contribution is -2.57. The molecule has 5 heteroatoms. The molecule has 1 unspecified atom stereocenters. The molecule has 30 heavy (non-hydrogen) atoms. The van der Waals surface area contributed by atoms with E-state index in [0.29, 0.717) is 19.6 Å². The van der Waals surface area contributed by atoms with Gasteiger partial charge in [-0.05, 0) is 29.5 Å². The van der Waals surface area contributed by atoms with Gasteiger partial charge in [-0.2, -0.15) is 0 Å². The zero-order valence-electron chi connectivity index (χ0n) is 17.3. The van der Waals surface area contributed by atoms with E-state index in [1.54, 1.807) is 0 Å². The summed E-state index contributed by atoms with van der Waals surface area (Å²) in [7, 11) is 0. The summed E-state index contributed by atoms with van der Waals surface area (Å²) >= 11 is 0. The number of nitrogens with one attached hydrogen (secondary N) is 1. The summed E-state index contributed by atoms with van der Waals surface area (Å²) in [5.41, 5.74) is 3.77. The third-order valence-electron chi connectivity index (χ3n) is 6.05. The Morgan fingerprint density at radius 2 is 1.73 bits per heavy atom. The Morgan fingerprint density at radius 1 is 1.00 bits per heavy atom. The van der Waals surface area contributed by atoms with Crippen molar-refractivity contribution in [3.8, 4) is 0 Å². The lowest BCUT2D eigenvalue weighted by Gasteiger charge is -2.36. The predicted molar refractivity (Wildman–Crippen MR) is 119 cm³/mol. The van der Waals surface area contributed by atoms with E-state index in [4.69, 9.17) is 0 Å². The van der Waals surface area contributed by atoms with Gasteiger partial charge in [0.15, 0.2) is 0 Å². The minimum atomic E-state index is -0.380. The van der Waals surface area contributed by atoms with Crippen LogP contribution in [0.2, 0.25) is 0 Å². The number of amides is 2. The summed E-state index contributed by atoms with van der Waals surface area (Å²) in [4.78, 5) is 29.5. The molecule has 0 aromatic heterocycles. The molecule has 0 spiro atoms. The van der Waals surface area contributed by atoms with E-state index in [1.807, 2.05) is 41.3 Å². The van der Waals surface area contributed by atoms with Crippen LogP contribution in [0.3, 0.4) is 0 Å². The summed E-state index contributed by atoms with van der Waals surface area (Å²) in [6.45, 7) is 3.53. The average molecular weight is 404 g/mol. The Hall–Kier alpha value is -2.92. The molecule has 2 aliphatic heterocycles. The molecule has 1 fully saturated rings. The maximum Gasteiger partial charge on any atom is 0.237 e. The van der Waals surface area contributed by atoms with E-state index in [0.717, 1.165) is 25.9 Å². The Labute approximate surface area is 178 Å². The third kappa shape index (κ3) is 4.97.